The van der Waals surface area contributed by atoms with Crippen molar-refractivity contribution in [2.75, 3.05) is 18.5 Å². The van der Waals surface area contributed by atoms with Crippen LogP contribution >= 0.6 is 11.3 Å². The molecular weight excluding hydrogens is 336 g/mol. The Balaban J connectivity index is 1.92. The number of benzene rings is 1. The third-order valence-electron chi connectivity index (χ3n) is 4.40. The quantitative estimate of drug-likeness (QED) is 0.769. The van der Waals surface area contributed by atoms with Crippen LogP contribution in [0.25, 0.3) is 0 Å². The molecule has 1 heterocycles. The lowest BCUT2D eigenvalue weighted by Crippen LogP contribution is -2.28. The van der Waals surface area contributed by atoms with Crippen LogP contribution in [0.15, 0.2) is 30.3 Å². The van der Waals surface area contributed by atoms with Crippen molar-refractivity contribution in [2.45, 2.75) is 26.2 Å². The fourth-order valence-corrected chi connectivity index (χ4v) is 4.50. The van der Waals surface area contributed by atoms with Crippen LogP contribution in [-0.2, 0) is 12.8 Å². The van der Waals surface area contributed by atoms with Gasteiger partial charge in [-0.1, -0.05) is 25.1 Å². The number of amides is 2. The molecule has 132 valence electrons. The molecule has 3 N–H and O–H groups in total. The van der Waals surface area contributed by atoms with Crippen molar-refractivity contribution < 1.29 is 14.7 Å². The molecule has 0 fully saturated rings. The van der Waals surface area contributed by atoms with Crippen molar-refractivity contribution in [3.63, 3.8) is 0 Å². The number of nitrogens with one attached hydrogen (secondary N) is 2. The Morgan fingerprint density at radius 2 is 2.00 bits per heavy atom. The van der Waals surface area contributed by atoms with E-state index in [2.05, 4.69) is 17.6 Å². The van der Waals surface area contributed by atoms with Crippen LogP contribution in [0.1, 0.15) is 44.5 Å². The van der Waals surface area contributed by atoms with Gasteiger partial charge in [0.15, 0.2) is 0 Å². The third kappa shape index (κ3) is 3.91. The maximum Gasteiger partial charge on any atom is 0.256 e. The van der Waals surface area contributed by atoms with Gasteiger partial charge < -0.3 is 15.7 Å². The second-order valence-electron chi connectivity index (χ2n) is 6.36. The number of aliphatic hydroxyl groups is 1. The molecule has 1 atom stereocenters. The molecule has 0 spiro atoms. The van der Waals surface area contributed by atoms with Gasteiger partial charge in [0, 0.05) is 17.0 Å². The predicted molar refractivity (Wildman–Crippen MR) is 99.3 cm³/mol. The number of carbonyl (C=O) groups is 2. The van der Waals surface area contributed by atoms with E-state index < -0.39 is 0 Å². The molecular formula is C19H22N2O3S. The van der Waals surface area contributed by atoms with E-state index in [1.807, 2.05) is 18.2 Å². The molecule has 2 amide bonds. The van der Waals surface area contributed by atoms with Crippen LogP contribution in [0.2, 0.25) is 0 Å². The highest BCUT2D eigenvalue weighted by Crippen LogP contribution is 2.39. The predicted octanol–water partition coefficient (Wildman–Crippen LogP) is 2.85. The highest BCUT2D eigenvalue weighted by atomic mass is 32.1. The van der Waals surface area contributed by atoms with E-state index in [1.165, 1.54) is 16.2 Å². The summed E-state index contributed by atoms with van der Waals surface area (Å²) in [6, 6.07) is 8.97. The molecule has 25 heavy (non-hydrogen) atoms. The summed E-state index contributed by atoms with van der Waals surface area (Å²) < 4.78 is 0. The molecule has 0 radical (unpaired) electrons. The van der Waals surface area contributed by atoms with E-state index >= 15 is 0 Å². The van der Waals surface area contributed by atoms with Crippen molar-refractivity contribution in [3.05, 3.63) is 51.9 Å². The van der Waals surface area contributed by atoms with Gasteiger partial charge >= 0.3 is 0 Å². The smallest absolute Gasteiger partial charge is 0.256 e. The minimum absolute atomic E-state index is 0.110. The van der Waals surface area contributed by atoms with Gasteiger partial charge in [0.25, 0.3) is 11.8 Å². The molecule has 0 saturated heterocycles. The summed E-state index contributed by atoms with van der Waals surface area (Å²) in [5.74, 6) is 0.130. The summed E-state index contributed by atoms with van der Waals surface area (Å²) in [5, 5.41) is 15.2. The van der Waals surface area contributed by atoms with E-state index in [4.69, 9.17) is 5.11 Å². The van der Waals surface area contributed by atoms with Gasteiger partial charge in [-0.3, -0.25) is 9.59 Å². The molecule has 0 bridgehead atoms. The van der Waals surface area contributed by atoms with Gasteiger partial charge in [0.05, 0.1) is 12.2 Å². The number of thiophene rings is 1. The minimum Gasteiger partial charge on any atom is -0.395 e. The largest absolute Gasteiger partial charge is 0.395 e. The first-order chi connectivity index (χ1) is 12.1. The number of fused-ring (bicyclic) bond motifs is 1. The maximum absolute atomic E-state index is 12.6. The topological polar surface area (TPSA) is 78.4 Å². The fourth-order valence-electron chi connectivity index (χ4n) is 3.10. The van der Waals surface area contributed by atoms with Gasteiger partial charge in [-0.2, -0.15) is 0 Å². The summed E-state index contributed by atoms with van der Waals surface area (Å²) in [6.45, 7) is 2.29. The van der Waals surface area contributed by atoms with Crippen molar-refractivity contribution in [1.82, 2.24) is 5.32 Å². The Morgan fingerprint density at radius 1 is 1.24 bits per heavy atom. The lowest BCUT2D eigenvalue weighted by atomic mass is 9.88. The van der Waals surface area contributed by atoms with Crippen LogP contribution in [0.4, 0.5) is 5.00 Å². The Morgan fingerprint density at radius 3 is 2.72 bits per heavy atom. The minimum atomic E-state index is -0.232. The van der Waals surface area contributed by atoms with Crippen LogP contribution in [0.3, 0.4) is 0 Å². The number of anilines is 1. The van der Waals surface area contributed by atoms with Gasteiger partial charge in [-0.25, -0.2) is 0 Å². The number of rotatable bonds is 5. The van der Waals surface area contributed by atoms with E-state index in [1.54, 1.807) is 12.1 Å². The van der Waals surface area contributed by atoms with Gasteiger partial charge in [-0.15, -0.1) is 11.3 Å². The molecule has 2 aromatic rings. The average molecular weight is 358 g/mol. The van der Waals surface area contributed by atoms with E-state index in [9.17, 15) is 9.59 Å². The lowest BCUT2D eigenvalue weighted by Gasteiger charge is -2.18. The maximum atomic E-state index is 12.6. The summed E-state index contributed by atoms with van der Waals surface area (Å²) in [4.78, 5) is 26.3. The Bertz CT molecular complexity index is 770. The van der Waals surface area contributed by atoms with Crippen molar-refractivity contribution in [3.8, 4) is 0 Å². The first-order valence-corrected chi connectivity index (χ1v) is 9.31. The fraction of sp³-hybridized carbons (Fsp3) is 0.368. The average Bonchev–Trinajstić information content (AvgIpc) is 2.97. The Labute approximate surface area is 151 Å². The molecule has 1 aromatic carbocycles. The second kappa shape index (κ2) is 7.80. The molecule has 1 aliphatic rings. The molecule has 1 aromatic heterocycles. The molecule has 6 heteroatoms. The molecule has 0 saturated carbocycles. The number of carbonyl (C=O) groups excluding carboxylic acids is 2. The third-order valence-corrected chi connectivity index (χ3v) is 5.57. The molecule has 5 nitrogen and oxygen atoms in total. The second-order valence-corrected chi connectivity index (χ2v) is 7.46. The number of hydrogen-bond acceptors (Lipinski definition) is 4. The summed E-state index contributed by atoms with van der Waals surface area (Å²) >= 11 is 1.50. The Hall–Kier alpha value is -2.18. The summed E-state index contributed by atoms with van der Waals surface area (Å²) in [6.07, 6.45) is 2.81. The van der Waals surface area contributed by atoms with Crippen molar-refractivity contribution >= 4 is 28.2 Å². The van der Waals surface area contributed by atoms with Crippen LogP contribution in [0, 0.1) is 5.92 Å². The van der Waals surface area contributed by atoms with Gasteiger partial charge in [0.1, 0.15) is 5.00 Å². The normalized spacial score (nSPS) is 16.2. The van der Waals surface area contributed by atoms with Crippen LogP contribution < -0.4 is 10.6 Å². The molecule has 1 aliphatic carbocycles. The lowest BCUT2D eigenvalue weighted by molar-refractivity contribution is 0.0944. The molecule has 0 unspecified atom stereocenters. The highest BCUT2D eigenvalue weighted by molar-refractivity contribution is 7.17. The highest BCUT2D eigenvalue weighted by Gasteiger charge is 2.28. The van der Waals surface area contributed by atoms with E-state index in [0.717, 1.165) is 24.8 Å². The van der Waals surface area contributed by atoms with Crippen LogP contribution in [-0.4, -0.2) is 30.1 Å². The standard InChI is InChI=1S/C19H22N2O3S/c1-12-7-8-14-15(11-12)25-19(16(14)18(24)20-9-10-22)21-17(23)13-5-3-2-4-6-13/h2-6,12,22H,7-11H2,1H3,(H,20,24)(H,21,23)/t12-/m1/s1. The van der Waals surface area contributed by atoms with Gasteiger partial charge in [-0.05, 0) is 42.9 Å². The zero-order valence-corrected chi connectivity index (χ0v) is 15.0. The van der Waals surface area contributed by atoms with E-state index in [0.29, 0.717) is 22.0 Å². The zero-order valence-electron chi connectivity index (χ0n) is 14.2. The SMILES string of the molecule is C[C@@H]1CCc2c(sc(NC(=O)c3ccccc3)c2C(=O)NCCO)C1. The monoisotopic (exact) mass is 358 g/mol. The van der Waals surface area contributed by atoms with Crippen molar-refractivity contribution in [1.29, 1.82) is 0 Å². The number of hydrogen-bond donors (Lipinski definition) is 3. The van der Waals surface area contributed by atoms with E-state index in [-0.39, 0.29) is 25.0 Å². The van der Waals surface area contributed by atoms with Gasteiger partial charge in [0.2, 0.25) is 0 Å². The number of aliphatic hydroxyl groups excluding tert-OH is 1. The summed E-state index contributed by atoms with van der Waals surface area (Å²) in [5.41, 5.74) is 2.16. The molecule has 3 rings (SSSR count). The van der Waals surface area contributed by atoms with Crippen molar-refractivity contribution in [2.24, 2.45) is 5.92 Å². The first kappa shape index (κ1) is 17.6. The first-order valence-electron chi connectivity index (χ1n) is 8.50. The zero-order chi connectivity index (χ0) is 17.8. The molecule has 0 aliphatic heterocycles. The Kier molecular flexibility index (Phi) is 5.50. The van der Waals surface area contributed by atoms with Crippen LogP contribution in [0.5, 0.6) is 0 Å². The summed E-state index contributed by atoms with van der Waals surface area (Å²) in [7, 11) is 0.